The van der Waals surface area contributed by atoms with Crippen LogP contribution in [0, 0.1) is 11.3 Å². The first-order chi connectivity index (χ1) is 11.8. The maximum atomic E-state index is 12.4. The van der Waals surface area contributed by atoms with E-state index in [4.69, 9.17) is 0 Å². The van der Waals surface area contributed by atoms with Gasteiger partial charge in [0.25, 0.3) is 5.91 Å². The highest BCUT2D eigenvalue weighted by Gasteiger charge is 2.34. The molecule has 0 aliphatic heterocycles. The minimum Gasteiger partial charge on any atom is -0.478 e. The van der Waals surface area contributed by atoms with E-state index >= 15 is 0 Å². The van der Waals surface area contributed by atoms with Crippen molar-refractivity contribution in [2.24, 2.45) is 11.3 Å². The summed E-state index contributed by atoms with van der Waals surface area (Å²) in [5, 5.41) is 12.8. The van der Waals surface area contributed by atoms with Crippen molar-refractivity contribution in [2.75, 3.05) is 5.32 Å². The van der Waals surface area contributed by atoms with Crippen LogP contribution in [0.2, 0.25) is 0 Å². The summed E-state index contributed by atoms with van der Waals surface area (Å²) < 4.78 is 0. The molecule has 0 saturated heterocycles. The Bertz CT molecular complexity index is 806. The zero-order valence-electron chi connectivity index (χ0n) is 14.6. The van der Waals surface area contributed by atoms with Crippen molar-refractivity contribution in [1.29, 1.82) is 0 Å². The van der Waals surface area contributed by atoms with E-state index in [9.17, 15) is 14.7 Å². The summed E-state index contributed by atoms with van der Waals surface area (Å²) in [6.07, 6.45) is 4.12. The Morgan fingerprint density at radius 3 is 2.68 bits per heavy atom. The third-order valence-electron chi connectivity index (χ3n) is 4.83. The predicted octanol–water partition coefficient (Wildman–Crippen LogP) is 4.24. The molecule has 1 aliphatic rings. The Morgan fingerprint density at radius 1 is 1.32 bits per heavy atom. The molecule has 0 aromatic carbocycles. The molecule has 1 unspecified atom stereocenters. The summed E-state index contributed by atoms with van der Waals surface area (Å²) in [6.45, 7) is 6.66. The summed E-state index contributed by atoms with van der Waals surface area (Å²) in [5.74, 6) is -0.850. The molecule has 0 saturated carbocycles. The number of carbonyl (C=O) groups is 2. The standard InChI is InChI=1S/C19H22N2O3S/c1-19(2,3)11-7-8-12-14(10-11)25-17(15(12)18(23)24)21-16(22)13-6-4-5-9-20-13/h4-6,9,11H,7-8,10H2,1-3H3,(H,21,22)(H,23,24). The van der Waals surface area contributed by atoms with Gasteiger partial charge in [0.05, 0.1) is 5.56 Å². The molecule has 0 bridgehead atoms. The van der Waals surface area contributed by atoms with Crippen LogP contribution in [0.1, 0.15) is 58.5 Å². The molecule has 25 heavy (non-hydrogen) atoms. The number of anilines is 1. The molecule has 5 nitrogen and oxygen atoms in total. The number of rotatable bonds is 3. The average Bonchev–Trinajstić information content (AvgIpc) is 2.91. The number of hydrogen-bond donors (Lipinski definition) is 2. The number of aromatic carboxylic acids is 1. The van der Waals surface area contributed by atoms with E-state index in [-0.39, 0.29) is 22.6 Å². The second-order valence-corrected chi connectivity index (χ2v) is 8.59. The Morgan fingerprint density at radius 2 is 2.08 bits per heavy atom. The van der Waals surface area contributed by atoms with Gasteiger partial charge in [-0.1, -0.05) is 26.8 Å². The van der Waals surface area contributed by atoms with E-state index in [2.05, 4.69) is 31.1 Å². The minimum atomic E-state index is -0.983. The molecule has 2 aromatic rings. The first-order valence-electron chi connectivity index (χ1n) is 8.37. The van der Waals surface area contributed by atoms with Crippen molar-refractivity contribution in [3.63, 3.8) is 0 Å². The van der Waals surface area contributed by atoms with Crippen LogP contribution >= 0.6 is 11.3 Å². The fourth-order valence-electron chi connectivity index (χ4n) is 3.30. The van der Waals surface area contributed by atoms with Crippen molar-refractivity contribution >= 4 is 28.2 Å². The highest BCUT2D eigenvalue weighted by atomic mass is 32.1. The van der Waals surface area contributed by atoms with Crippen LogP contribution in [0.3, 0.4) is 0 Å². The smallest absolute Gasteiger partial charge is 0.339 e. The van der Waals surface area contributed by atoms with Crippen LogP contribution < -0.4 is 5.32 Å². The Kier molecular flexibility index (Phi) is 4.64. The van der Waals surface area contributed by atoms with Gasteiger partial charge in [-0.15, -0.1) is 11.3 Å². The number of amides is 1. The highest BCUT2D eigenvalue weighted by molar-refractivity contribution is 7.17. The number of carboxylic acid groups (broad SMARTS) is 1. The SMILES string of the molecule is CC(C)(C)C1CCc2c(sc(NC(=O)c3ccccn3)c2C(=O)O)C1. The molecule has 0 spiro atoms. The lowest BCUT2D eigenvalue weighted by Gasteiger charge is -2.33. The van der Waals surface area contributed by atoms with Crippen LogP contribution in [0.15, 0.2) is 24.4 Å². The Labute approximate surface area is 151 Å². The van der Waals surface area contributed by atoms with Crippen molar-refractivity contribution in [2.45, 2.75) is 40.0 Å². The molecule has 1 atom stereocenters. The van der Waals surface area contributed by atoms with Gasteiger partial charge < -0.3 is 10.4 Å². The van der Waals surface area contributed by atoms with Crippen LogP contribution in [-0.2, 0) is 12.8 Å². The molecule has 1 aliphatic carbocycles. The molecule has 2 heterocycles. The van der Waals surface area contributed by atoms with E-state index in [1.54, 1.807) is 24.4 Å². The first kappa shape index (κ1) is 17.6. The molecular weight excluding hydrogens is 336 g/mol. The van der Waals surface area contributed by atoms with E-state index < -0.39 is 5.97 Å². The molecule has 0 fully saturated rings. The largest absolute Gasteiger partial charge is 0.478 e. The lowest BCUT2D eigenvalue weighted by molar-refractivity contribution is 0.0696. The Balaban J connectivity index is 1.92. The van der Waals surface area contributed by atoms with Gasteiger partial charge in [-0.3, -0.25) is 9.78 Å². The van der Waals surface area contributed by atoms with Gasteiger partial charge in [-0.05, 0) is 48.3 Å². The normalized spacial score (nSPS) is 17.0. The second-order valence-electron chi connectivity index (χ2n) is 7.49. The van der Waals surface area contributed by atoms with Crippen LogP contribution in [0.25, 0.3) is 0 Å². The molecule has 3 rings (SSSR count). The van der Waals surface area contributed by atoms with Gasteiger partial charge in [-0.2, -0.15) is 0 Å². The predicted molar refractivity (Wildman–Crippen MR) is 98.4 cm³/mol. The van der Waals surface area contributed by atoms with Crippen molar-refractivity contribution in [3.05, 3.63) is 46.1 Å². The number of fused-ring (bicyclic) bond motifs is 1. The van der Waals surface area contributed by atoms with Crippen molar-refractivity contribution in [1.82, 2.24) is 4.98 Å². The van der Waals surface area contributed by atoms with E-state index in [0.29, 0.717) is 10.9 Å². The number of pyridine rings is 1. The monoisotopic (exact) mass is 358 g/mol. The van der Waals surface area contributed by atoms with Crippen molar-refractivity contribution in [3.8, 4) is 0 Å². The van der Waals surface area contributed by atoms with Gasteiger partial charge in [0, 0.05) is 11.1 Å². The molecule has 2 aromatic heterocycles. The fourth-order valence-corrected chi connectivity index (χ4v) is 4.62. The van der Waals surface area contributed by atoms with Crippen molar-refractivity contribution < 1.29 is 14.7 Å². The average molecular weight is 358 g/mol. The number of carbonyl (C=O) groups excluding carboxylic acids is 1. The highest BCUT2D eigenvalue weighted by Crippen LogP contribution is 2.44. The molecule has 132 valence electrons. The topological polar surface area (TPSA) is 79.3 Å². The van der Waals surface area contributed by atoms with E-state index in [1.165, 1.54) is 11.3 Å². The lowest BCUT2D eigenvalue weighted by atomic mass is 9.72. The molecule has 2 N–H and O–H groups in total. The number of carboxylic acids is 1. The molecule has 6 heteroatoms. The quantitative estimate of drug-likeness (QED) is 0.860. The maximum Gasteiger partial charge on any atom is 0.339 e. The lowest BCUT2D eigenvalue weighted by Crippen LogP contribution is -2.26. The van der Waals surface area contributed by atoms with Gasteiger partial charge in [-0.25, -0.2) is 4.79 Å². The number of thiophene rings is 1. The third kappa shape index (κ3) is 3.58. The van der Waals surface area contributed by atoms with E-state index in [0.717, 1.165) is 29.7 Å². The Hall–Kier alpha value is -2.21. The molecular formula is C19H22N2O3S. The van der Waals surface area contributed by atoms with E-state index in [1.807, 2.05) is 0 Å². The first-order valence-corrected chi connectivity index (χ1v) is 9.19. The van der Waals surface area contributed by atoms with Gasteiger partial charge in [0.1, 0.15) is 10.7 Å². The summed E-state index contributed by atoms with van der Waals surface area (Å²) >= 11 is 1.39. The minimum absolute atomic E-state index is 0.183. The number of aromatic nitrogens is 1. The molecule has 0 radical (unpaired) electrons. The number of nitrogens with one attached hydrogen (secondary N) is 1. The molecule has 1 amide bonds. The summed E-state index contributed by atoms with van der Waals surface area (Å²) in [5.41, 5.74) is 1.59. The number of nitrogens with zero attached hydrogens (tertiary/aromatic N) is 1. The fraction of sp³-hybridized carbons (Fsp3) is 0.421. The summed E-state index contributed by atoms with van der Waals surface area (Å²) in [4.78, 5) is 29.3. The van der Waals surface area contributed by atoms with Gasteiger partial charge in [0.2, 0.25) is 0 Å². The van der Waals surface area contributed by atoms with Gasteiger partial charge in [0.15, 0.2) is 0 Å². The summed E-state index contributed by atoms with van der Waals surface area (Å²) in [7, 11) is 0. The third-order valence-corrected chi connectivity index (χ3v) is 6.00. The summed E-state index contributed by atoms with van der Waals surface area (Å²) in [6, 6.07) is 5.07. The zero-order valence-corrected chi connectivity index (χ0v) is 15.4. The van der Waals surface area contributed by atoms with Crippen LogP contribution in [0.4, 0.5) is 5.00 Å². The van der Waals surface area contributed by atoms with Crippen LogP contribution in [-0.4, -0.2) is 22.0 Å². The maximum absolute atomic E-state index is 12.4. The van der Waals surface area contributed by atoms with Gasteiger partial charge >= 0.3 is 5.97 Å². The van der Waals surface area contributed by atoms with Crippen LogP contribution in [0.5, 0.6) is 0 Å². The second kappa shape index (κ2) is 6.59. The zero-order chi connectivity index (χ0) is 18.2. The number of hydrogen-bond acceptors (Lipinski definition) is 4.